The van der Waals surface area contributed by atoms with E-state index in [-0.39, 0.29) is 11.4 Å². The van der Waals surface area contributed by atoms with E-state index in [4.69, 9.17) is 0 Å². The normalized spacial score (nSPS) is 23.4. The van der Waals surface area contributed by atoms with Crippen LogP contribution in [0.25, 0.3) is 0 Å². The summed E-state index contributed by atoms with van der Waals surface area (Å²) in [6.07, 6.45) is 4.40. The molecule has 1 aliphatic carbocycles. The van der Waals surface area contributed by atoms with Gasteiger partial charge in [0.05, 0.1) is 0 Å². The second-order valence-corrected chi connectivity index (χ2v) is 6.78. The molecule has 0 radical (unpaired) electrons. The molecule has 2 rings (SSSR count). The molecule has 0 atom stereocenters. The summed E-state index contributed by atoms with van der Waals surface area (Å²) in [6, 6.07) is 10.4. The molecule has 0 bridgehead atoms. The van der Waals surface area contributed by atoms with Crippen molar-refractivity contribution in [3.63, 3.8) is 0 Å². The van der Waals surface area contributed by atoms with Crippen LogP contribution in [-0.2, 0) is 0 Å². The molecule has 1 aromatic rings. The average Bonchev–Trinajstić information content (AvgIpc) is 2.40. The SMILES string of the molecule is CC(C)(C)NC1CCC(NC(=O)c2ccccc2)CC1. The summed E-state index contributed by atoms with van der Waals surface area (Å²) < 4.78 is 0. The Morgan fingerprint density at radius 3 is 2.10 bits per heavy atom. The third kappa shape index (κ3) is 4.64. The minimum atomic E-state index is 0.0535. The number of carbonyl (C=O) groups excluding carboxylic acids is 1. The lowest BCUT2D eigenvalue weighted by Crippen LogP contribution is -2.48. The monoisotopic (exact) mass is 274 g/mol. The van der Waals surface area contributed by atoms with Gasteiger partial charge >= 0.3 is 0 Å². The van der Waals surface area contributed by atoms with Gasteiger partial charge in [0.15, 0.2) is 0 Å². The van der Waals surface area contributed by atoms with E-state index < -0.39 is 0 Å². The van der Waals surface area contributed by atoms with E-state index in [1.165, 1.54) is 0 Å². The van der Waals surface area contributed by atoms with Gasteiger partial charge in [-0.1, -0.05) is 18.2 Å². The van der Waals surface area contributed by atoms with Crippen molar-refractivity contribution >= 4 is 5.91 Å². The number of benzene rings is 1. The zero-order valence-corrected chi connectivity index (χ0v) is 12.8. The number of hydrogen-bond acceptors (Lipinski definition) is 2. The maximum absolute atomic E-state index is 12.1. The van der Waals surface area contributed by atoms with Gasteiger partial charge in [0, 0.05) is 23.2 Å². The molecular weight excluding hydrogens is 248 g/mol. The van der Waals surface area contributed by atoms with Gasteiger partial charge in [0.1, 0.15) is 0 Å². The van der Waals surface area contributed by atoms with Crippen molar-refractivity contribution in [1.29, 1.82) is 0 Å². The first-order chi connectivity index (χ1) is 9.44. The van der Waals surface area contributed by atoms with Crippen molar-refractivity contribution in [3.8, 4) is 0 Å². The van der Waals surface area contributed by atoms with Crippen molar-refractivity contribution in [3.05, 3.63) is 35.9 Å². The van der Waals surface area contributed by atoms with Crippen LogP contribution in [-0.4, -0.2) is 23.5 Å². The van der Waals surface area contributed by atoms with Crippen LogP contribution in [0.5, 0.6) is 0 Å². The molecule has 3 heteroatoms. The lowest BCUT2D eigenvalue weighted by Gasteiger charge is -2.34. The Labute approximate surface area is 122 Å². The largest absolute Gasteiger partial charge is 0.349 e. The number of nitrogens with one attached hydrogen (secondary N) is 2. The van der Waals surface area contributed by atoms with E-state index in [1.54, 1.807) is 0 Å². The highest BCUT2D eigenvalue weighted by atomic mass is 16.1. The summed E-state index contributed by atoms with van der Waals surface area (Å²) in [6.45, 7) is 6.61. The Kier molecular flexibility index (Phi) is 4.81. The molecule has 1 fully saturated rings. The maximum Gasteiger partial charge on any atom is 0.251 e. The Bertz CT molecular complexity index is 428. The predicted molar refractivity (Wildman–Crippen MR) is 82.8 cm³/mol. The van der Waals surface area contributed by atoms with Crippen LogP contribution in [0.2, 0.25) is 0 Å². The quantitative estimate of drug-likeness (QED) is 0.889. The van der Waals surface area contributed by atoms with E-state index in [9.17, 15) is 4.79 Å². The zero-order valence-electron chi connectivity index (χ0n) is 12.8. The summed E-state index contributed by atoms with van der Waals surface area (Å²) in [5, 5.41) is 6.80. The minimum Gasteiger partial charge on any atom is -0.349 e. The molecule has 3 nitrogen and oxygen atoms in total. The van der Waals surface area contributed by atoms with Crippen LogP contribution in [0.3, 0.4) is 0 Å². The third-order valence-corrected chi connectivity index (χ3v) is 3.74. The predicted octanol–water partition coefficient (Wildman–Crippen LogP) is 3.12. The Morgan fingerprint density at radius 1 is 1.00 bits per heavy atom. The van der Waals surface area contributed by atoms with Gasteiger partial charge in [-0.25, -0.2) is 0 Å². The molecule has 1 amide bonds. The molecular formula is C17H26N2O. The van der Waals surface area contributed by atoms with Crippen molar-refractivity contribution < 1.29 is 4.79 Å². The van der Waals surface area contributed by atoms with Gasteiger partial charge in [-0.3, -0.25) is 4.79 Å². The summed E-state index contributed by atoms with van der Waals surface area (Å²) in [5.74, 6) is 0.0535. The Morgan fingerprint density at radius 2 is 1.55 bits per heavy atom. The molecule has 20 heavy (non-hydrogen) atoms. The van der Waals surface area contributed by atoms with Crippen LogP contribution in [0, 0.1) is 0 Å². The van der Waals surface area contributed by atoms with Gasteiger partial charge < -0.3 is 10.6 Å². The second-order valence-electron chi connectivity index (χ2n) is 6.78. The summed E-state index contributed by atoms with van der Waals surface area (Å²) in [7, 11) is 0. The zero-order chi connectivity index (χ0) is 14.6. The van der Waals surface area contributed by atoms with Gasteiger partial charge in [0.25, 0.3) is 5.91 Å². The molecule has 0 saturated heterocycles. The van der Waals surface area contributed by atoms with Gasteiger partial charge in [-0.15, -0.1) is 0 Å². The van der Waals surface area contributed by atoms with Gasteiger partial charge in [-0.2, -0.15) is 0 Å². The standard InChI is InChI=1S/C17H26N2O/c1-17(2,3)19-15-11-9-14(10-12-15)18-16(20)13-7-5-4-6-8-13/h4-8,14-15,19H,9-12H2,1-3H3,(H,18,20). The van der Waals surface area contributed by atoms with E-state index >= 15 is 0 Å². The highest BCUT2D eigenvalue weighted by Crippen LogP contribution is 2.21. The number of rotatable bonds is 3. The van der Waals surface area contributed by atoms with Gasteiger partial charge in [-0.05, 0) is 58.6 Å². The van der Waals surface area contributed by atoms with E-state index in [0.717, 1.165) is 31.2 Å². The van der Waals surface area contributed by atoms with Crippen LogP contribution in [0.1, 0.15) is 56.8 Å². The van der Waals surface area contributed by atoms with Crippen molar-refractivity contribution in [2.75, 3.05) is 0 Å². The molecule has 1 aromatic carbocycles. The molecule has 0 spiro atoms. The molecule has 2 N–H and O–H groups in total. The average molecular weight is 274 g/mol. The number of hydrogen-bond donors (Lipinski definition) is 2. The fourth-order valence-corrected chi connectivity index (χ4v) is 2.85. The Hall–Kier alpha value is -1.35. The lowest BCUT2D eigenvalue weighted by molar-refractivity contribution is 0.0922. The molecule has 0 aliphatic heterocycles. The second kappa shape index (κ2) is 6.40. The summed E-state index contributed by atoms with van der Waals surface area (Å²) in [4.78, 5) is 12.1. The smallest absolute Gasteiger partial charge is 0.251 e. The molecule has 1 saturated carbocycles. The summed E-state index contributed by atoms with van der Waals surface area (Å²) >= 11 is 0. The summed E-state index contributed by atoms with van der Waals surface area (Å²) in [5.41, 5.74) is 0.924. The number of carbonyl (C=O) groups is 1. The minimum absolute atomic E-state index is 0.0535. The maximum atomic E-state index is 12.1. The van der Waals surface area contributed by atoms with Crippen LogP contribution >= 0.6 is 0 Å². The topological polar surface area (TPSA) is 41.1 Å². The Balaban J connectivity index is 1.79. The molecule has 110 valence electrons. The van der Waals surface area contributed by atoms with Crippen LogP contribution < -0.4 is 10.6 Å². The fraction of sp³-hybridized carbons (Fsp3) is 0.588. The van der Waals surface area contributed by atoms with Crippen molar-refractivity contribution in [2.45, 2.75) is 64.1 Å². The molecule has 0 unspecified atom stereocenters. The van der Waals surface area contributed by atoms with Crippen LogP contribution in [0.4, 0.5) is 0 Å². The number of amides is 1. The first-order valence-corrected chi connectivity index (χ1v) is 7.58. The highest BCUT2D eigenvalue weighted by molar-refractivity contribution is 5.94. The first kappa shape index (κ1) is 15.0. The molecule has 0 heterocycles. The van der Waals surface area contributed by atoms with Gasteiger partial charge in [0.2, 0.25) is 0 Å². The van der Waals surface area contributed by atoms with E-state index in [1.807, 2.05) is 30.3 Å². The molecule has 1 aliphatic rings. The van der Waals surface area contributed by atoms with Crippen molar-refractivity contribution in [2.24, 2.45) is 0 Å². The van der Waals surface area contributed by atoms with Crippen molar-refractivity contribution in [1.82, 2.24) is 10.6 Å². The third-order valence-electron chi connectivity index (χ3n) is 3.74. The highest BCUT2D eigenvalue weighted by Gasteiger charge is 2.25. The molecule has 0 aromatic heterocycles. The van der Waals surface area contributed by atoms with E-state index in [0.29, 0.717) is 12.1 Å². The van der Waals surface area contributed by atoms with E-state index in [2.05, 4.69) is 31.4 Å². The van der Waals surface area contributed by atoms with Crippen LogP contribution in [0.15, 0.2) is 30.3 Å². The lowest BCUT2D eigenvalue weighted by atomic mass is 9.89. The first-order valence-electron chi connectivity index (χ1n) is 7.58. The fourth-order valence-electron chi connectivity index (χ4n) is 2.85.